The first kappa shape index (κ1) is 18.8. The zero-order valence-electron chi connectivity index (χ0n) is 14.0. The van der Waals surface area contributed by atoms with E-state index in [1.54, 1.807) is 13.1 Å². The van der Waals surface area contributed by atoms with Crippen LogP contribution in [0, 0.1) is 5.82 Å². The maximum Gasteiger partial charge on any atom is 0.261 e. The Morgan fingerprint density at radius 2 is 1.96 bits per heavy atom. The first-order chi connectivity index (χ1) is 12.3. The third kappa shape index (κ3) is 3.74. The number of halogens is 2. The van der Waals surface area contributed by atoms with Crippen LogP contribution in [0.3, 0.4) is 0 Å². The van der Waals surface area contributed by atoms with Gasteiger partial charge in [-0.25, -0.2) is 22.5 Å². The molecule has 1 aromatic carbocycles. The Kier molecular flexibility index (Phi) is 5.31. The van der Waals surface area contributed by atoms with Gasteiger partial charge in [0.25, 0.3) is 15.9 Å². The number of likely N-dealkylation sites (tertiary alicyclic amines) is 1. The highest BCUT2D eigenvalue weighted by Crippen LogP contribution is 2.21. The van der Waals surface area contributed by atoms with E-state index >= 15 is 0 Å². The van der Waals surface area contributed by atoms with Crippen LogP contribution in [0.15, 0.2) is 35.6 Å². The molecule has 0 spiro atoms. The smallest absolute Gasteiger partial charge is 0.261 e. The minimum atomic E-state index is -3.84. The van der Waals surface area contributed by atoms with Crippen LogP contribution in [0.2, 0.25) is 5.15 Å². The summed E-state index contributed by atoms with van der Waals surface area (Å²) in [5, 5.41) is -0.184. The van der Waals surface area contributed by atoms with Crippen LogP contribution in [0.1, 0.15) is 23.2 Å². The number of carbonyl (C=O) groups is 1. The number of imidazole rings is 1. The number of sulfonamides is 1. The van der Waals surface area contributed by atoms with Gasteiger partial charge < -0.3 is 9.47 Å². The number of hydrogen-bond donors (Lipinski definition) is 1. The summed E-state index contributed by atoms with van der Waals surface area (Å²) in [5.41, 5.74) is 0.0202. The molecule has 1 N–H and O–H groups in total. The summed E-state index contributed by atoms with van der Waals surface area (Å²) in [6, 6.07) is 5.46. The van der Waals surface area contributed by atoms with Crippen LogP contribution in [0.4, 0.5) is 4.39 Å². The molecule has 0 aliphatic carbocycles. The van der Waals surface area contributed by atoms with Crippen molar-refractivity contribution < 1.29 is 17.6 Å². The van der Waals surface area contributed by atoms with Gasteiger partial charge in [0.1, 0.15) is 11.0 Å². The Hall–Kier alpha value is -1.97. The molecule has 0 saturated carbocycles. The van der Waals surface area contributed by atoms with Crippen molar-refractivity contribution in [2.45, 2.75) is 23.9 Å². The van der Waals surface area contributed by atoms with E-state index in [9.17, 15) is 17.6 Å². The molecule has 7 nitrogen and oxygen atoms in total. The molecule has 0 radical (unpaired) electrons. The molecule has 2 aromatic rings. The predicted molar refractivity (Wildman–Crippen MR) is 93.9 cm³/mol. The van der Waals surface area contributed by atoms with Crippen LogP contribution in [-0.2, 0) is 17.1 Å². The fraction of sp³-hybridized carbons (Fsp3) is 0.375. The fourth-order valence-electron chi connectivity index (χ4n) is 2.85. The van der Waals surface area contributed by atoms with Crippen LogP contribution in [-0.4, -0.2) is 47.9 Å². The zero-order valence-corrected chi connectivity index (χ0v) is 15.6. The van der Waals surface area contributed by atoms with Gasteiger partial charge in [-0.1, -0.05) is 23.7 Å². The molecule has 1 fully saturated rings. The molecule has 3 rings (SSSR count). The van der Waals surface area contributed by atoms with Gasteiger partial charge in [0.05, 0.1) is 11.9 Å². The second kappa shape index (κ2) is 7.34. The van der Waals surface area contributed by atoms with Gasteiger partial charge in [0, 0.05) is 26.2 Å². The number of benzene rings is 1. The quantitative estimate of drug-likeness (QED) is 0.848. The highest BCUT2D eigenvalue weighted by atomic mass is 35.5. The number of rotatable bonds is 4. The van der Waals surface area contributed by atoms with Gasteiger partial charge >= 0.3 is 0 Å². The van der Waals surface area contributed by atoms with Gasteiger partial charge in [0.2, 0.25) is 5.03 Å². The molecular weight excluding hydrogens is 383 g/mol. The summed E-state index contributed by atoms with van der Waals surface area (Å²) >= 11 is 5.95. The largest absolute Gasteiger partial charge is 0.338 e. The molecule has 2 heterocycles. The van der Waals surface area contributed by atoms with E-state index in [1.807, 2.05) is 0 Å². The summed E-state index contributed by atoms with van der Waals surface area (Å²) in [5.74, 6) is -0.956. The van der Waals surface area contributed by atoms with E-state index in [0.29, 0.717) is 25.9 Å². The third-order valence-corrected chi connectivity index (χ3v) is 6.31. The molecule has 0 atom stereocenters. The Morgan fingerprint density at radius 1 is 1.31 bits per heavy atom. The van der Waals surface area contributed by atoms with E-state index < -0.39 is 21.7 Å². The van der Waals surface area contributed by atoms with E-state index in [0.717, 1.165) is 0 Å². The second-order valence-corrected chi connectivity index (χ2v) is 8.11. The van der Waals surface area contributed by atoms with Crippen LogP contribution in [0.5, 0.6) is 0 Å². The summed E-state index contributed by atoms with van der Waals surface area (Å²) in [7, 11) is -2.25. The van der Waals surface area contributed by atoms with Crippen molar-refractivity contribution in [2.75, 3.05) is 13.1 Å². The number of piperidine rings is 1. The monoisotopic (exact) mass is 400 g/mol. The summed E-state index contributed by atoms with van der Waals surface area (Å²) < 4.78 is 42.6. The molecule has 1 aliphatic rings. The minimum absolute atomic E-state index is 0.0202. The Balaban J connectivity index is 1.63. The summed E-state index contributed by atoms with van der Waals surface area (Å²) in [4.78, 5) is 17.7. The van der Waals surface area contributed by atoms with Crippen molar-refractivity contribution in [1.29, 1.82) is 0 Å². The predicted octanol–water partition coefficient (Wildman–Crippen LogP) is 1.80. The van der Waals surface area contributed by atoms with E-state index in [-0.39, 0.29) is 21.8 Å². The van der Waals surface area contributed by atoms with Crippen molar-refractivity contribution in [3.05, 3.63) is 47.1 Å². The highest BCUT2D eigenvalue weighted by molar-refractivity contribution is 7.89. The molecule has 1 saturated heterocycles. The molecule has 1 aromatic heterocycles. The summed E-state index contributed by atoms with van der Waals surface area (Å²) in [6.07, 6.45) is 2.17. The Labute approximate surface area is 155 Å². The first-order valence-corrected chi connectivity index (χ1v) is 9.88. The normalized spacial score (nSPS) is 16.0. The lowest BCUT2D eigenvalue weighted by atomic mass is 10.0. The number of amides is 1. The first-order valence-electron chi connectivity index (χ1n) is 8.02. The molecule has 0 bridgehead atoms. The number of nitrogens with zero attached hydrogens (tertiary/aromatic N) is 3. The maximum atomic E-state index is 13.8. The lowest BCUT2D eigenvalue weighted by Crippen LogP contribution is -2.46. The topological polar surface area (TPSA) is 84.3 Å². The summed E-state index contributed by atoms with van der Waals surface area (Å²) in [6.45, 7) is 0.659. The zero-order chi connectivity index (χ0) is 18.9. The standard InChI is InChI=1S/C16H18ClFN4O3S/c1-21-10-19-15(14(21)17)26(24,25)20-11-6-8-22(9-7-11)16(23)12-4-2-3-5-13(12)18/h2-5,10-11,20H,6-9H2,1H3. The highest BCUT2D eigenvalue weighted by Gasteiger charge is 2.30. The van der Waals surface area contributed by atoms with Crippen molar-refractivity contribution in [1.82, 2.24) is 19.2 Å². The van der Waals surface area contributed by atoms with Gasteiger partial charge in [-0.3, -0.25) is 4.79 Å². The Bertz CT molecular complexity index is 923. The Morgan fingerprint density at radius 3 is 2.54 bits per heavy atom. The number of nitrogens with one attached hydrogen (secondary N) is 1. The van der Waals surface area contributed by atoms with Gasteiger partial charge in [-0.2, -0.15) is 0 Å². The van der Waals surface area contributed by atoms with Gasteiger partial charge in [-0.15, -0.1) is 0 Å². The molecule has 0 unspecified atom stereocenters. The number of aromatic nitrogens is 2. The molecular formula is C16H18ClFN4O3S. The van der Waals surface area contributed by atoms with Gasteiger partial charge in [-0.05, 0) is 25.0 Å². The SMILES string of the molecule is Cn1cnc(S(=O)(=O)NC2CCN(C(=O)c3ccccc3F)CC2)c1Cl. The van der Waals surface area contributed by atoms with Gasteiger partial charge in [0.15, 0.2) is 0 Å². The number of carbonyl (C=O) groups excluding carboxylic acids is 1. The van der Waals surface area contributed by atoms with E-state index in [4.69, 9.17) is 11.6 Å². The fourth-order valence-corrected chi connectivity index (χ4v) is 4.59. The molecule has 1 aliphatic heterocycles. The van der Waals surface area contributed by atoms with Crippen molar-refractivity contribution >= 4 is 27.5 Å². The van der Waals surface area contributed by atoms with Crippen molar-refractivity contribution in [3.63, 3.8) is 0 Å². The lowest BCUT2D eigenvalue weighted by molar-refractivity contribution is 0.0706. The number of hydrogen-bond acceptors (Lipinski definition) is 4. The third-order valence-electron chi connectivity index (χ3n) is 4.30. The van der Waals surface area contributed by atoms with Crippen molar-refractivity contribution in [2.24, 2.45) is 7.05 Å². The average molecular weight is 401 g/mol. The maximum absolute atomic E-state index is 13.8. The molecule has 140 valence electrons. The molecule has 10 heteroatoms. The minimum Gasteiger partial charge on any atom is -0.338 e. The lowest BCUT2D eigenvalue weighted by Gasteiger charge is -2.32. The van der Waals surface area contributed by atoms with E-state index in [1.165, 1.54) is 34.0 Å². The van der Waals surface area contributed by atoms with Crippen molar-refractivity contribution in [3.8, 4) is 0 Å². The average Bonchev–Trinajstić information content (AvgIpc) is 2.95. The van der Waals surface area contributed by atoms with Crippen LogP contribution < -0.4 is 4.72 Å². The molecule has 1 amide bonds. The molecule has 26 heavy (non-hydrogen) atoms. The second-order valence-electron chi connectivity index (χ2n) is 6.12. The number of aryl methyl sites for hydroxylation is 1. The van der Waals surface area contributed by atoms with E-state index in [2.05, 4.69) is 9.71 Å². The van der Waals surface area contributed by atoms with Crippen LogP contribution >= 0.6 is 11.6 Å². The van der Waals surface area contributed by atoms with Crippen LogP contribution in [0.25, 0.3) is 0 Å².